The molecule has 1 aliphatic heterocycles. The second-order valence-corrected chi connectivity index (χ2v) is 10.5. The minimum absolute atomic E-state index is 0.252. The van der Waals surface area contributed by atoms with Crippen LogP contribution in [0.1, 0.15) is 13.8 Å². The van der Waals surface area contributed by atoms with Crippen molar-refractivity contribution >= 4 is 39.8 Å². The van der Waals surface area contributed by atoms with E-state index < -0.39 is 5.60 Å². The van der Waals surface area contributed by atoms with Crippen LogP contribution >= 0.6 is 0 Å². The fourth-order valence-corrected chi connectivity index (χ4v) is 4.90. The van der Waals surface area contributed by atoms with Crippen LogP contribution in [0.3, 0.4) is 0 Å². The fraction of sp³-hybridized carbons (Fsp3) is 0.258. The van der Waals surface area contributed by atoms with Gasteiger partial charge in [-0.2, -0.15) is 0 Å². The highest BCUT2D eigenvalue weighted by Crippen LogP contribution is 2.30. The number of nitrogens with zero attached hydrogens (tertiary/aromatic N) is 4. The lowest BCUT2D eigenvalue weighted by Gasteiger charge is -2.38. The highest BCUT2D eigenvalue weighted by atomic mass is 16.3. The zero-order valence-corrected chi connectivity index (χ0v) is 22.4. The van der Waals surface area contributed by atoms with Crippen LogP contribution in [-0.2, 0) is 4.79 Å². The highest BCUT2D eigenvalue weighted by molar-refractivity contribution is 6.00. The summed E-state index contributed by atoms with van der Waals surface area (Å²) in [6.45, 7) is 11.6. The van der Waals surface area contributed by atoms with Crippen molar-refractivity contribution in [3.63, 3.8) is 0 Å². The predicted molar refractivity (Wildman–Crippen MR) is 158 cm³/mol. The SMILES string of the molecule is C=CC(=O)Nc1cccc(-c2cccc3cnc(Nc4ccc(N5CCN(CC(C)(C)O)CC5)cc4)nc23)c1. The molecule has 1 aromatic heterocycles. The van der Waals surface area contributed by atoms with Crippen molar-refractivity contribution in [3.8, 4) is 11.1 Å². The maximum atomic E-state index is 11.8. The molecule has 8 heteroatoms. The maximum Gasteiger partial charge on any atom is 0.247 e. The van der Waals surface area contributed by atoms with E-state index in [2.05, 4.69) is 44.1 Å². The molecule has 5 rings (SSSR count). The quantitative estimate of drug-likeness (QED) is 0.279. The second-order valence-electron chi connectivity index (χ2n) is 10.5. The Hall–Kier alpha value is -4.27. The molecule has 2 heterocycles. The average Bonchev–Trinajstić information content (AvgIpc) is 2.93. The van der Waals surface area contributed by atoms with E-state index in [9.17, 15) is 9.90 Å². The van der Waals surface area contributed by atoms with Gasteiger partial charge in [0, 0.05) is 66.9 Å². The molecule has 1 saturated heterocycles. The molecule has 0 aliphatic carbocycles. The average molecular weight is 523 g/mol. The van der Waals surface area contributed by atoms with Crippen LogP contribution in [0.25, 0.3) is 22.0 Å². The van der Waals surface area contributed by atoms with Crippen molar-refractivity contribution in [2.24, 2.45) is 0 Å². The van der Waals surface area contributed by atoms with Crippen molar-refractivity contribution in [3.05, 3.63) is 85.6 Å². The van der Waals surface area contributed by atoms with Crippen molar-refractivity contribution in [2.75, 3.05) is 48.3 Å². The van der Waals surface area contributed by atoms with Crippen molar-refractivity contribution in [2.45, 2.75) is 19.4 Å². The largest absolute Gasteiger partial charge is 0.389 e. The van der Waals surface area contributed by atoms with Gasteiger partial charge in [0.25, 0.3) is 0 Å². The van der Waals surface area contributed by atoms with Crippen LogP contribution < -0.4 is 15.5 Å². The van der Waals surface area contributed by atoms with Gasteiger partial charge in [-0.1, -0.05) is 36.9 Å². The van der Waals surface area contributed by atoms with Crippen molar-refractivity contribution in [1.29, 1.82) is 0 Å². The molecule has 0 saturated carbocycles. The number of benzene rings is 3. The first-order chi connectivity index (χ1) is 18.8. The van der Waals surface area contributed by atoms with E-state index in [-0.39, 0.29) is 5.91 Å². The molecule has 3 N–H and O–H groups in total. The van der Waals surface area contributed by atoms with Gasteiger partial charge in [0.15, 0.2) is 0 Å². The lowest BCUT2D eigenvalue weighted by atomic mass is 10.0. The molecule has 39 heavy (non-hydrogen) atoms. The molecule has 0 bridgehead atoms. The molecular formula is C31H34N6O2. The smallest absolute Gasteiger partial charge is 0.247 e. The van der Waals surface area contributed by atoms with E-state index in [4.69, 9.17) is 4.98 Å². The van der Waals surface area contributed by atoms with Gasteiger partial charge in [-0.25, -0.2) is 9.97 Å². The normalized spacial score (nSPS) is 14.3. The first kappa shape index (κ1) is 26.3. The van der Waals surface area contributed by atoms with E-state index in [0.29, 0.717) is 18.2 Å². The van der Waals surface area contributed by atoms with E-state index in [1.165, 1.54) is 11.8 Å². The van der Waals surface area contributed by atoms with Gasteiger partial charge in [0.2, 0.25) is 11.9 Å². The van der Waals surface area contributed by atoms with Crippen molar-refractivity contribution in [1.82, 2.24) is 14.9 Å². The minimum Gasteiger partial charge on any atom is -0.389 e. The zero-order valence-electron chi connectivity index (χ0n) is 22.4. The molecular weight excluding hydrogens is 488 g/mol. The third kappa shape index (κ3) is 6.60. The lowest BCUT2D eigenvalue weighted by Crippen LogP contribution is -2.50. The Morgan fingerprint density at radius 3 is 2.49 bits per heavy atom. The van der Waals surface area contributed by atoms with Crippen LogP contribution in [0.4, 0.5) is 23.0 Å². The zero-order chi connectivity index (χ0) is 27.4. The monoisotopic (exact) mass is 522 g/mol. The first-order valence-corrected chi connectivity index (χ1v) is 13.1. The maximum absolute atomic E-state index is 11.8. The van der Waals surface area contributed by atoms with Gasteiger partial charge >= 0.3 is 0 Å². The standard InChI is InChI=1S/C31H34N6O2/c1-4-28(38)33-25-9-5-7-22(19-25)27-10-6-8-23-20-32-30(35-29(23)27)34-24-11-13-26(14-12-24)37-17-15-36(16-18-37)21-31(2,3)39/h4-14,19-20,39H,1,15-18,21H2,2-3H3,(H,33,38)(H,32,34,35). The minimum atomic E-state index is -0.672. The van der Waals surface area contributed by atoms with Gasteiger partial charge < -0.3 is 20.6 Å². The Morgan fingerprint density at radius 2 is 1.77 bits per heavy atom. The Kier molecular flexibility index (Phi) is 7.58. The van der Waals surface area contributed by atoms with Gasteiger partial charge in [0.1, 0.15) is 0 Å². The Morgan fingerprint density at radius 1 is 1.03 bits per heavy atom. The number of fused-ring (bicyclic) bond motifs is 1. The van der Waals surface area contributed by atoms with Gasteiger partial charge in [0.05, 0.1) is 11.1 Å². The number of aliphatic hydroxyl groups is 1. The Bertz CT molecular complexity index is 1470. The topological polar surface area (TPSA) is 93.6 Å². The van der Waals surface area contributed by atoms with Gasteiger partial charge in [-0.15, -0.1) is 0 Å². The summed E-state index contributed by atoms with van der Waals surface area (Å²) in [6, 6.07) is 22.0. The van der Waals surface area contributed by atoms with E-state index in [0.717, 1.165) is 53.9 Å². The van der Waals surface area contributed by atoms with Crippen LogP contribution in [0.15, 0.2) is 85.6 Å². The van der Waals surface area contributed by atoms with Crippen LogP contribution in [0.2, 0.25) is 0 Å². The molecule has 1 amide bonds. The molecule has 0 radical (unpaired) electrons. The van der Waals surface area contributed by atoms with Crippen LogP contribution in [0.5, 0.6) is 0 Å². The molecule has 8 nitrogen and oxygen atoms in total. The number of hydrogen-bond acceptors (Lipinski definition) is 7. The summed E-state index contributed by atoms with van der Waals surface area (Å²) in [5.41, 5.74) is 4.82. The third-order valence-electron chi connectivity index (χ3n) is 6.71. The summed E-state index contributed by atoms with van der Waals surface area (Å²) in [6.07, 6.45) is 3.07. The summed E-state index contributed by atoms with van der Waals surface area (Å²) in [5.74, 6) is 0.261. The van der Waals surface area contributed by atoms with Crippen LogP contribution in [-0.4, -0.2) is 64.2 Å². The predicted octanol–water partition coefficient (Wildman–Crippen LogP) is 5.06. The molecule has 0 unspecified atom stereocenters. The highest BCUT2D eigenvalue weighted by Gasteiger charge is 2.22. The summed E-state index contributed by atoms with van der Waals surface area (Å²) in [7, 11) is 0. The van der Waals surface area contributed by atoms with Crippen LogP contribution in [0, 0.1) is 0 Å². The number of anilines is 4. The number of piperazine rings is 1. The molecule has 3 aromatic carbocycles. The third-order valence-corrected chi connectivity index (χ3v) is 6.71. The number of carbonyl (C=O) groups is 1. The van der Waals surface area contributed by atoms with Gasteiger partial charge in [-0.3, -0.25) is 9.69 Å². The van der Waals surface area contributed by atoms with E-state index >= 15 is 0 Å². The molecule has 4 aromatic rings. The molecule has 1 aliphatic rings. The number of β-amino-alcohol motifs (C(OH)–C–C–N with tert-alkyl or cyclic N) is 1. The van der Waals surface area contributed by atoms with Crippen molar-refractivity contribution < 1.29 is 9.90 Å². The van der Waals surface area contributed by atoms with E-state index in [1.807, 2.05) is 74.6 Å². The number of nitrogens with one attached hydrogen (secondary N) is 2. The summed E-state index contributed by atoms with van der Waals surface area (Å²) >= 11 is 0. The first-order valence-electron chi connectivity index (χ1n) is 13.1. The number of carbonyl (C=O) groups excluding carboxylic acids is 1. The molecule has 0 atom stereocenters. The Labute approximate surface area is 229 Å². The fourth-order valence-electron chi connectivity index (χ4n) is 4.90. The summed E-state index contributed by atoms with van der Waals surface area (Å²) < 4.78 is 0. The Balaban J connectivity index is 1.30. The summed E-state index contributed by atoms with van der Waals surface area (Å²) in [5, 5.41) is 17.2. The number of para-hydroxylation sites is 1. The number of rotatable bonds is 8. The van der Waals surface area contributed by atoms with E-state index in [1.54, 1.807) is 0 Å². The number of hydrogen-bond donors (Lipinski definition) is 3. The molecule has 200 valence electrons. The number of aromatic nitrogens is 2. The molecule has 1 fully saturated rings. The number of amides is 1. The molecule has 0 spiro atoms. The lowest BCUT2D eigenvalue weighted by molar-refractivity contribution is -0.111. The van der Waals surface area contributed by atoms with Gasteiger partial charge in [-0.05, 0) is 61.9 Å². The second kappa shape index (κ2) is 11.2. The summed E-state index contributed by atoms with van der Waals surface area (Å²) in [4.78, 5) is 25.8.